The zero-order valence-electron chi connectivity index (χ0n) is 16.2. The largest absolute Gasteiger partial charge is 0.369 e. The fourth-order valence-corrected chi connectivity index (χ4v) is 3.95. The van der Waals surface area contributed by atoms with Gasteiger partial charge < -0.3 is 4.90 Å². The Morgan fingerprint density at radius 1 is 1.33 bits per heavy atom. The average molecular weight is 388 g/mol. The van der Waals surface area contributed by atoms with Crippen LogP contribution in [0.4, 0.5) is 5.69 Å². The summed E-state index contributed by atoms with van der Waals surface area (Å²) in [4.78, 5) is 6.63. The van der Waals surface area contributed by atoms with Gasteiger partial charge in [-0.25, -0.2) is 5.14 Å². The second-order valence-electron chi connectivity index (χ2n) is 7.87. The van der Waals surface area contributed by atoms with E-state index in [2.05, 4.69) is 48.9 Å². The second-order valence-corrected chi connectivity index (χ2v) is 9.52. The van der Waals surface area contributed by atoms with E-state index in [4.69, 9.17) is 5.14 Å². The molecule has 1 aromatic heterocycles. The summed E-state index contributed by atoms with van der Waals surface area (Å²) in [5.74, 6) is 0. The van der Waals surface area contributed by atoms with Gasteiger partial charge in [0.1, 0.15) is 6.07 Å². The number of nitriles is 1. The zero-order valence-corrected chi connectivity index (χ0v) is 17.0. The number of aromatic nitrogens is 1. The molecule has 0 saturated carbocycles. The van der Waals surface area contributed by atoms with Crippen molar-refractivity contribution in [1.82, 2.24) is 9.29 Å². The third-order valence-electron chi connectivity index (χ3n) is 5.50. The van der Waals surface area contributed by atoms with E-state index >= 15 is 0 Å². The zero-order chi connectivity index (χ0) is 20.0. The Balaban J connectivity index is 1.85. The molecule has 0 amide bonds. The first kappa shape index (κ1) is 19.5. The third-order valence-corrected chi connectivity index (χ3v) is 6.55. The first-order valence-corrected chi connectivity index (χ1v) is 10.3. The quantitative estimate of drug-likeness (QED) is 0.846. The number of nitrogens with two attached hydrogens (primary N) is 1. The van der Waals surface area contributed by atoms with E-state index in [0.717, 1.165) is 29.7 Å². The van der Waals surface area contributed by atoms with E-state index in [0.29, 0.717) is 18.5 Å². The molecule has 7 nitrogen and oxygen atoms in total. The lowest BCUT2D eigenvalue weighted by Gasteiger charge is -2.50. The maximum Gasteiger partial charge on any atom is 0.276 e. The SMILES string of the molecule is Cc1cc2ncc(C#N)c(N3CC(C)(CCN(C)S(N)(=O)=O)C3)c2cc1C. The molecule has 1 fully saturated rings. The van der Waals surface area contributed by atoms with Crippen molar-refractivity contribution in [1.29, 1.82) is 5.26 Å². The van der Waals surface area contributed by atoms with Gasteiger partial charge in [0.15, 0.2) is 0 Å². The highest BCUT2D eigenvalue weighted by Crippen LogP contribution is 2.41. The molecule has 1 aliphatic heterocycles. The van der Waals surface area contributed by atoms with Gasteiger partial charge in [-0.05, 0) is 43.5 Å². The van der Waals surface area contributed by atoms with Crippen LogP contribution in [0.3, 0.4) is 0 Å². The minimum atomic E-state index is -3.66. The van der Waals surface area contributed by atoms with Gasteiger partial charge in [-0.2, -0.15) is 18.0 Å². The summed E-state index contributed by atoms with van der Waals surface area (Å²) in [7, 11) is -2.16. The number of hydrogen-bond donors (Lipinski definition) is 1. The van der Waals surface area contributed by atoms with E-state index in [-0.39, 0.29) is 5.41 Å². The van der Waals surface area contributed by atoms with E-state index in [1.807, 2.05) is 0 Å². The third kappa shape index (κ3) is 3.76. The highest BCUT2D eigenvalue weighted by molar-refractivity contribution is 7.86. The Morgan fingerprint density at radius 2 is 1.96 bits per heavy atom. The van der Waals surface area contributed by atoms with Crippen LogP contribution in [0.2, 0.25) is 0 Å². The van der Waals surface area contributed by atoms with Gasteiger partial charge in [0.05, 0.1) is 16.8 Å². The summed E-state index contributed by atoms with van der Waals surface area (Å²) >= 11 is 0. The van der Waals surface area contributed by atoms with Crippen LogP contribution < -0.4 is 10.0 Å². The molecule has 3 rings (SSSR count). The van der Waals surface area contributed by atoms with Crippen molar-refractivity contribution in [2.45, 2.75) is 27.2 Å². The summed E-state index contributed by atoms with van der Waals surface area (Å²) in [6, 6.07) is 6.41. The fraction of sp³-hybridized carbons (Fsp3) is 0.474. The molecule has 144 valence electrons. The Labute approximate surface area is 160 Å². The van der Waals surface area contributed by atoms with Crippen molar-refractivity contribution in [3.05, 3.63) is 35.0 Å². The van der Waals surface area contributed by atoms with Crippen molar-refractivity contribution < 1.29 is 8.42 Å². The number of hydrogen-bond acceptors (Lipinski definition) is 5. The van der Waals surface area contributed by atoms with Gasteiger partial charge in [-0.1, -0.05) is 6.92 Å². The van der Waals surface area contributed by atoms with Crippen molar-refractivity contribution >= 4 is 26.8 Å². The second kappa shape index (κ2) is 6.75. The predicted molar refractivity (Wildman–Crippen MR) is 107 cm³/mol. The summed E-state index contributed by atoms with van der Waals surface area (Å²) in [6.07, 6.45) is 2.34. The van der Waals surface area contributed by atoms with Crippen LogP contribution in [-0.2, 0) is 10.2 Å². The van der Waals surface area contributed by atoms with Crippen LogP contribution in [0.15, 0.2) is 18.3 Å². The van der Waals surface area contributed by atoms with E-state index in [1.165, 1.54) is 22.5 Å². The highest BCUT2D eigenvalue weighted by Gasteiger charge is 2.40. The van der Waals surface area contributed by atoms with Gasteiger partial charge in [0.2, 0.25) is 0 Å². The maximum atomic E-state index is 11.4. The molecule has 0 spiro atoms. The van der Waals surface area contributed by atoms with Crippen LogP contribution in [0, 0.1) is 30.6 Å². The van der Waals surface area contributed by atoms with E-state index in [1.54, 1.807) is 6.20 Å². The molecule has 2 aromatic rings. The molecule has 1 aromatic carbocycles. The number of rotatable bonds is 5. The monoisotopic (exact) mass is 387 g/mol. The summed E-state index contributed by atoms with van der Waals surface area (Å²) in [5.41, 5.74) is 4.68. The Kier molecular flexibility index (Phi) is 4.89. The summed E-state index contributed by atoms with van der Waals surface area (Å²) in [6.45, 7) is 8.13. The highest BCUT2D eigenvalue weighted by atomic mass is 32.2. The van der Waals surface area contributed by atoms with E-state index in [9.17, 15) is 13.7 Å². The molecule has 0 atom stereocenters. The minimum absolute atomic E-state index is 0.0268. The Bertz CT molecular complexity index is 1040. The van der Waals surface area contributed by atoms with Gasteiger partial charge >= 0.3 is 0 Å². The lowest BCUT2D eigenvalue weighted by atomic mass is 9.78. The number of fused-ring (bicyclic) bond motifs is 1. The summed E-state index contributed by atoms with van der Waals surface area (Å²) in [5, 5.41) is 15.7. The summed E-state index contributed by atoms with van der Waals surface area (Å²) < 4.78 is 23.9. The van der Waals surface area contributed by atoms with Crippen LogP contribution in [0.5, 0.6) is 0 Å². The van der Waals surface area contributed by atoms with Crippen molar-refractivity contribution in [2.24, 2.45) is 10.6 Å². The normalized spacial score (nSPS) is 16.4. The number of aryl methyl sites for hydroxylation is 2. The number of benzene rings is 1. The molecule has 0 aliphatic carbocycles. The molecule has 0 bridgehead atoms. The Hall–Kier alpha value is -2.21. The lowest BCUT2D eigenvalue weighted by molar-refractivity contribution is 0.209. The van der Waals surface area contributed by atoms with E-state index < -0.39 is 10.2 Å². The van der Waals surface area contributed by atoms with Crippen molar-refractivity contribution in [2.75, 3.05) is 31.6 Å². The molecule has 0 unspecified atom stereocenters. The van der Waals surface area contributed by atoms with Gasteiger partial charge in [0, 0.05) is 43.7 Å². The number of anilines is 1. The van der Waals surface area contributed by atoms with Crippen LogP contribution in [0.1, 0.15) is 30.0 Å². The van der Waals surface area contributed by atoms with Crippen molar-refractivity contribution in [3.63, 3.8) is 0 Å². The average Bonchev–Trinajstić information content (AvgIpc) is 2.56. The lowest BCUT2D eigenvalue weighted by Crippen LogP contribution is -2.56. The van der Waals surface area contributed by atoms with Gasteiger partial charge in [0.25, 0.3) is 10.2 Å². The fourth-order valence-electron chi connectivity index (χ4n) is 3.61. The predicted octanol–water partition coefficient (Wildman–Crippen LogP) is 2.08. The topological polar surface area (TPSA) is 103 Å². The molecule has 2 heterocycles. The number of nitrogens with zero attached hydrogens (tertiary/aromatic N) is 4. The molecular formula is C19H25N5O2S. The standard InChI is InChI=1S/C19H25N5O2S/c1-13-7-16-17(8-14(13)2)22-10-15(9-20)18(16)24-11-19(3,12-24)5-6-23(4)27(21,25)26/h7-8,10H,5-6,11-12H2,1-4H3,(H2,21,25,26). The number of pyridine rings is 1. The molecule has 1 aliphatic rings. The molecule has 27 heavy (non-hydrogen) atoms. The maximum absolute atomic E-state index is 11.4. The minimum Gasteiger partial charge on any atom is -0.369 e. The molecule has 8 heteroatoms. The van der Waals surface area contributed by atoms with Crippen LogP contribution in [0.25, 0.3) is 10.9 Å². The van der Waals surface area contributed by atoms with Crippen molar-refractivity contribution in [3.8, 4) is 6.07 Å². The molecule has 2 N–H and O–H groups in total. The first-order chi connectivity index (χ1) is 12.5. The first-order valence-electron chi connectivity index (χ1n) is 8.83. The Morgan fingerprint density at radius 3 is 2.56 bits per heavy atom. The van der Waals surface area contributed by atoms with Crippen LogP contribution in [-0.4, -0.2) is 44.4 Å². The van der Waals surface area contributed by atoms with Crippen LogP contribution >= 0.6 is 0 Å². The van der Waals surface area contributed by atoms with Gasteiger partial charge in [-0.3, -0.25) is 4.98 Å². The molecule has 0 radical (unpaired) electrons. The molecule has 1 saturated heterocycles. The van der Waals surface area contributed by atoms with Gasteiger partial charge in [-0.15, -0.1) is 0 Å². The molecular weight excluding hydrogens is 362 g/mol. The smallest absolute Gasteiger partial charge is 0.276 e.